The molecule has 3 N–H and O–H groups in total. The number of benzene rings is 3. The highest BCUT2D eigenvalue weighted by Crippen LogP contribution is 2.55. The first-order valence-electron chi connectivity index (χ1n) is 7.91. The lowest BCUT2D eigenvalue weighted by Crippen LogP contribution is -2.39. The first kappa shape index (κ1) is 22.0. The molecule has 29 heavy (non-hydrogen) atoms. The van der Waals surface area contributed by atoms with Crippen molar-refractivity contribution in [2.75, 3.05) is 0 Å². The van der Waals surface area contributed by atoms with Gasteiger partial charge in [0.1, 0.15) is 11.5 Å². The Hall–Kier alpha value is -1.67. The Bertz CT molecular complexity index is 1140. The fourth-order valence-electron chi connectivity index (χ4n) is 3.24. The minimum absolute atomic E-state index is 0.0681. The third kappa shape index (κ3) is 3.44. The van der Waals surface area contributed by atoms with Crippen LogP contribution in [0.2, 0.25) is 20.1 Å². The van der Waals surface area contributed by atoms with E-state index in [1.807, 2.05) is 0 Å². The summed E-state index contributed by atoms with van der Waals surface area (Å²) in [6.07, 6.45) is 0. The number of phenols is 2. The highest BCUT2D eigenvalue weighted by atomic mass is 35.5. The molecular formula is C19H12Cl4O5S. The normalized spacial score (nSPS) is 12.2. The van der Waals surface area contributed by atoms with E-state index in [0.29, 0.717) is 0 Å². The standard InChI is InChI=1S/C19H12Cl4O5S/c20-11-6-8-13(24)15(17(11)22)19(29(26,27)28,10-4-2-1-3-5-10)16-14(25)9-7-12(21)18(16)23/h1-9,24-25H,(H,26,27,28). The van der Waals surface area contributed by atoms with Crippen molar-refractivity contribution in [1.29, 1.82) is 0 Å². The number of hydrogen-bond acceptors (Lipinski definition) is 4. The molecule has 5 nitrogen and oxygen atoms in total. The summed E-state index contributed by atoms with van der Waals surface area (Å²) < 4.78 is 33.9. The predicted octanol–water partition coefficient (Wildman–Crippen LogP) is 5.89. The summed E-state index contributed by atoms with van der Waals surface area (Å²) >= 11 is 24.8. The van der Waals surface area contributed by atoms with Crippen LogP contribution in [0, 0.1) is 0 Å². The molecule has 0 saturated heterocycles. The topological polar surface area (TPSA) is 94.8 Å². The molecule has 152 valence electrons. The van der Waals surface area contributed by atoms with E-state index in [1.54, 1.807) is 6.07 Å². The second-order valence-electron chi connectivity index (χ2n) is 6.03. The monoisotopic (exact) mass is 492 g/mol. The molecule has 0 fully saturated rings. The van der Waals surface area contributed by atoms with Gasteiger partial charge in [0.25, 0.3) is 10.1 Å². The van der Waals surface area contributed by atoms with Crippen molar-refractivity contribution < 1.29 is 23.2 Å². The van der Waals surface area contributed by atoms with E-state index < -0.39 is 37.5 Å². The van der Waals surface area contributed by atoms with Gasteiger partial charge < -0.3 is 10.2 Å². The van der Waals surface area contributed by atoms with Crippen LogP contribution in [0.1, 0.15) is 16.7 Å². The number of phenolic OH excluding ortho intramolecular Hbond substituents is 2. The highest BCUT2D eigenvalue weighted by molar-refractivity contribution is 7.87. The molecule has 0 spiro atoms. The van der Waals surface area contributed by atoms with Crippen molar-refractivity contribution in [1.82, 2.24) is 0 Å². The van der Waals surface area contributed by atoms with Crippen molar-refractivity contribution in [3.63, 3.8) is 0 Å². The SMILES string of the molecule is O=S(=O)(O)C(c1ccccc1)(c1c(O)ccc(Cl)c1Cl)c1c(O)ccc(Cl)c1Cl. The van der Waals surface area contributed by atoms with Crippen LogP contribution in [-0.2, 0) is 14.9 Å². The molecule has 0 bridgehead atoms. The lowest BCUT2D eigenvalue weighted by Gasteiger charge is -2.34. The summed E-state index contributed by atoms with van der Waals surface area (Å²) in [5.74, 6) is -1.20. The van der Waals surface area contributed by atoms with Crippen molar-refractivity contribution in [2.45, 2.75) is 4.75 Å². The van der Waals surface area contributed by atoms with Crippen molar-refractivity contribution in [2.24, 2.45) is 0 Å². The minimum atomic E-state index is -5.22. The van der Waals surface area contributed by atoms with E-state index in [4.69, 9.17) is 46.4 Å². The zero-order valence-electron chi connectivity index (χ0n) is 14.3. The lowest BCUT2D eigenvalue weighted by atomic mass is 9.82. The van der Waals surface area contributed by atoms with E-state index in [2.05, 4.69) is 0 Å². The molecule has 0 aliphatic carbocycles. The maximum absolute atomic E-state index is 13.0. The second kappa shape index (κ2) is 7.87. The maximum atomic E-state index is 13.0. The molecule has 0 atom stereocenters. The van der Waals surface area contributed by atoms with Gasteiger partial charge in [0.15, 0.2) is 4.75 Å². The summed E-state index contributed by atoms with van der Waals surface area (Å²) in [6, 6.07) is 12.1. The van der Waals surface area contributed by atoms with Crippen LogP contribution < -0.4 is 0 Å². The van der Waals surface area contributed by atoms with Crippen LogP contribution in [0.3, 0.4) is 0 Å². The molecule has 0 radical (unpaired) electrons. The second-order valence-corrected chi connectivity index (χ2v) is 9.17. The smallest absolute Gasteiger partial charge is 0.283 e. The van der Waals surface area contributed by atoms with Crippen LogP contribution in [0.15, 0.2) is 54.6 Å². The third-order valence-corrected chi connectivity index (χ3v) is 7.44. The Kier molecular flexibility index (Phi) is 5.98. The van der Waals surface area contributed by atoms with Crippen molar-refractivity contribution in [3.8, 4) is 11.5 Å². The van der Waals surface area contributed by atoms with Crippen LogP contribution in [0.5, 0.6) is 11.5 Å². The van der Waals surface area contributed by atoms with E-state index in [9.17, 15) is 23.2 Å². The molecule has 0 saturated carbocycles. The van der Waals surface area contributed by atoms with Crippen LogP contribution in [0.4, 0.5) is 0 Å². The van der Waals surface area contributed by atoms with Gasteiger partial charge in [-0.3, -0.25) is 4.55 Å². The number of rotatable bonds is 4. The molecule has 0 heterocycles. The fraction of sp³-hybridized carbons (Fsp3) is 0.0526. The van der Waals surface area contributed by atoms with Gasteiger partial charge in [-0.1, -0.05) is 76.7 Å². The van der Waals surface area contributed by atoms with E-state index in [-0.39, 0.29) is 25.7 Å². The van der Waals surface area contributed by atoms with Gasteiger partial charge in [0.05, 0.1) is 20.1 Å². The summed E-state index contributed by atoms with van der Waals surface area (Å²) in [7, 11) is -5.22. The molecule has 0 aliphatic heterocycles. The Morgan fingerprint density at radius 2 is 1.10 bits per heavy atom. The summed E-state index contributed by atoms with van der Waals surface area (Å²) in [5.41, 5.74) is -1.04. The third-order valence-electron chi connectivity index (χ3n) is 4.42. The average molecular weight is 494 g/mol. The zero-order valence-corrected chi connectivity index (χ0v) is 18.1. The van der Waals surface area contributed by atoms with Crippen molar-refractivity contribution >= 4 is 56.5 Å². The van der Waals surface area contributed by atoms with Gasteiger partial charge in [0, 0.05) is 11.1 Å². The van der Waals surface area contributed by atoms with Crippen LogP contribution in [0.25, 0.3) is 0 Å². The molecule has 0 amide bonds. The summed E-state index contributed by atoms with van der Waals surface area (Å²) in [4.78, 5) is 0. The Morgan fingerprint density at radius 1 is 0.690 bits per heavy atom. The number of hydrogen-bond donors (Lipinski definition) is 3. The van der Waals surface area contributed by atoms with E-state index >= 15 is 0 Å². The predicted molar refractivity (Wildman–Crippen MR) is 114 cm³/mol. The lowest BCUT2D eigenvalue weighted by molar-refractivity contribution is 0.428. The van der Waals surface area contributed by atoms with Gasteiger partial charge in [-0.25, -0.2) is 0 Å². The highest BCUT2D eigenvalue weighted by Gasteiger charge is 2.54. The average Bonchev–Trinajstić information content (AvgIpc) is 2.66. The van der Waals surface area contributed by atoms with Crippen LogP contribution in [-0.4, -0.2) is 23.2 Å². The van der Waals surface area contributed by atoms with Gasteiger partial charge in [-0.2, -0.15) is 8.42 Å². The van der Waals surface area contributed by atoms with Gasteiger partial charge >= 0.3 is 0 Å². The van der Waals surface area contributed by atoms with Gasteiger partial charge in [-0.05, 0) is 29.8 Å². The molecular weight excluding hydrogens is 482 g/mol. The molecule has 0 unspecified atom stereocenters. The zero-order chi connectivity index (χ0) is 21.6. The fourth-order valence-corrected chi connectivity index (χ4v) is 5.64. The van der Waals surface area contributed by atoms with Gasteiger partial charge in [-0.15, -0.1) is 0 Å². The number of aromatic hydroxyl groups is 2. The molecule has 3 aromatic carbocycles. The molecule has 3 rings (SSSR count). The molecule has 10 heteroatoms. The number of halogens is 4. The van der Waals surface area contributed by atoms with E-state index in [1.165, 1.54) is 36.4 Å². The van der Waals surface area contributed by atoms with E-state index in [0.717, 1.165) is 12.1 Å². The maximum Gasteiger partial charge on any atom is 0.283 e. The Morgan fingerprint density at radius 3 is 1.48 bits per heavy atom. The Balaban J connectivity index is 2.71. The summed E-state index contributed by atoms with van der Waals surface area (Å²) in [5, 5.41) is 20.3. The molecule has 0 aromatic heterocycles. The van der Waals surface area contributed by atoms with Crippen LogP contribution >= 0.6 is 46.4 Å². The quantitative estimate of drug-likeness (QED) is 0.311. The minimum Gasteiger partial charge on any atom is -0.508 e. The Labute approximate surface area is 186 Å². The first-order chi connectivity index (χ1) is 13.5. The summed E-state index contributed by atoms with van der Waals surface area (Å²) in [6.45, 7) is 0. The molecule has 3 aromatic rings. The first-order valence-corrected chi connectivity index (χ1v) is 10.9. The largest absolute Gasteiger partial charge is 0.508 e. The van der Waals surface area contributed by atoms with Gasteiger partial charge in [0.2, 0.25) is 0 Å². The molecule has 0 aliphatic rings. The van der Waals surface area contributed by atoms with Crippen molar-refractivity contribution in [3.05, 3.63) is 91.4 Å².